The molecule has 6 nitrogen and oxygen atoms in total. The molecule has 1 aliphatic carbocycles. The minimum Gasteiger partial charge on any atom is -0.448 e. The molecular formula is C14H21N3O3. The average Bonchev–Trinajstić information content (AvgIpc) is 3.00. The Balaban J connectivity index is 1.79. The van der Waals surface area contributed by atoms with E-state index in [1.807, 2.05) is 20.8 Å². The number of nitrogens with zero attached hydrogens (tertiary/aromatic N) is 1. The molecular weight excluding hydrogens is 258 g/mol. The first-order valence-corrected chi connectivity index (χ1v) is 6.87. The van der Waals surface area contributed by atoms with Crippen molar-refractivity contribution in [2.75, 3.05) is 6.54 Å². The molecule has 2 rings (SSSR count). The van der Waals surface area contributed by atoms with Crippen LogP contribution in [0.3, 0.4) is 0 Å². The van der Waals surface area contributed by atoms with Crippen molar-refractivity contribution in [3.63, 3.8) is 0 Å². The van der Waals surface area contributed by atoms with Gasteiger partial charge in [0.1, 0.15) is 6.26 Å². The van der Waals surface area contributed by atoms with Gasteiger partial charge in [-0.3, -0.25) is 9.59 Å². The number of hydrogen-bond donors (Lipinski definition) is 2. The molecule has 2 amide bonds. The summed E-state index contributed by atoms with van der Waals surface area (Å²) in [5.74, 6) is 0.631. The number of nitrogens with one attached hydrogen (secondary N) is 2. The molecule has 0 aromatic carbocycles. The summed E-state index contributed by atoms with van der Waals surface area (Å²) < 4.78 is 5.25. The van der Waals surface area contributed by atoms with E-state index < -0.39 is 0 Å². The summed E-state index contributed by atoms with van der Waals surface area (Å²) in [7, 11) is 0. The molecule has 0 radical (unpaired) electrons. The van der Waals surface area contributed by atoms with Crippen LogP contribution in [0.15, 0.2) is 10.7 Å². The average molecular weight is 279 g/mol. The normalized spacial score (nSPS) is 14.9. The minimum absolute atomic E-state index is 0.0685. The predicted octanol–water partition coefficient (Wildman–Crippen LogP) is 1.27. The Bertz CT molecular complexity index is 498. The minimum atomic E-state index is -0.389. The molecule has 0 bridgehead atoms. The summed E-state index contributed by atoms with van der Waals surface area (Å²) in [6.45, 7) is 5.58. The van der Waals surface area contributed by atoms with Crippen molar-refractivity contribution in [1.29, 1.82) is 0 Å². The fourth-order valence-electron chi connectivity index (χ4n) is 1.79. The molecule has 1 saturated carbocycles. The summed E-state index contributed by atoms with van der Waals surface area (Å²) in [5.41, 5.74) is -0.0862. The lowest BCUT2D eigenvalue weighted by molar-refractivity contribution is -0.121. The van der Waals surface area contributed by atoms with Gasteiger partial charge in [0.25, 0.3) is 5.91 Å². The Hall–Kier alpha value is -1.85. The number of oxazole rings is 1. The van der Waals surface area contributed by atoms with Crippen LogP contribution in [0, 0.1) is 5.92 Å². The largest absolute Gasteiger partial charge is 0.448 e. The quantitative estimate of drug-likeness (QED) is 0.850. The highest BCUT2D eigenvalue weighted by Crippen LogP contribution is 2.32. The van der Waals surface area contributed by atoms with Crippen molar-refractivity contribution in [2.45, 2.75) is 45.6 Å². The third kappa shape index (κ3) is 4.68. The van der Waals surface area contributed by atoms with E-state index >= 15 is 0 Å². The van der Waals surface area contributed by atoms with Crippen molar-refractivity contribution in [3.05, 3.63) is 17.8 Å². The molecule has 6 heteroatoms. The van der Waals surface area contributed by atoms with Crippen molar-refractivity contribution in [3.8, 4) is 0 Å². The topological polar surface area (TPSA) is 84.2 Å². The van der Waals surface area contributed by atoms with E-state index in [0.717, 1.165) is 6.42 Å². The van der Waals surface area contributed by atoms with Crippen molar-refractivity contribution in [2.24, 2.45) is 5.92 Å². The number of amides is 2. The van der Waals surface area contributed by atoms with Gasteiger partial charge in [0.15, 0.2) is 11.6 Å². The van der Waals surface area contributed by atoms with Crippen LogP contribution >= 0.6 is 0 Å². The Kier molecular flexibility index (Phi) is 4.11. The van der Waals surface area contributed by atoms with E-state index in [1.165, 1.54) is 19.1 Å². The van der Waals surface area contributed by atoms with Crippen LogP contribution < -0.4 is 10.6 Å². The molecule has 110 valence electrons. The van der Waals surface area contributed by atoms with Crippen molar-refractivity contribution >= 4 is 11.8 Å². The zero-order valence-electron chi connectivity index (χ0n) is 12.2. The Morgan fingerprint density at radius 1 is 1.40 bits per heavy atom. The Morgan fingerprint density at radius 2 is 2.10 bits per heavy atom. The van der Waals surface area contributed by atoms with E-state index in [0.29, 0.717) is 11.8 Å². The molecule has 1 aromatic rings. The van der Waals surface area contributed by atoms with Crippen LogP contribution in [0.2, 0.25) is 0 Å². The van der Waals surface area contributed by atoms with Crippen LogP contribution in [-0.2, 0) is 11.2 Å². The van der Waals surface area contributed by atoms with Gasteiger partial charge in [-0.25, -0.2) is 4.98 Å². The van der Waals surface area contributed by atoms with Gasteiger partial charge in [0.05, 0.1) is 6.54 Å². The van der Waals surface area contributed by atoms with Gasteiger partial charge in [-0.15, -0.1) is 0 Å². The van der Waals surface area contributed by atoms with E-state index in [-0.39, 0.29) is 29.6 Å². The molecule has 0 atom stereocenters. The fraction of sp³-hybridized carbons (Fsp3) is 0.643. The Morgan fingerprint density at radius 3 is 2.70 bits per heavy atom. The first-order chi connectivity index (χ1) is 9.33. The Labute approximate surface area is 118 Å². The first kappa shape index (κ1) is 14.6. The molecule has 0 saturated heterocycles. The summed E-state index contributed by atoms with van der Waals surface area (Å²) in [4.78, 5) is 27.5. The van der Waals surface area contributed by atoms with Crippen molar-refractivity contribution < 1.29 is 14.0 Å². The lowest BCUT2D eigenvalue weighted by Gasteiger charge is -2.20. The third-order valence-corrected chi connectivity index (χ3v) is 2.87. The van der Waals surface area contributed by atoms with E-state index in [1.54, 1.807) is 0 Å². The smallest absolute Gasteiger partial charge is 0.273 e. The standard InChI is InChI=1S/C14H21N3O3/c1-14(2,3)17-11(18)7-15-13(19)10-8-20-12(16-10)6-9-4-5-9/h8-9H,4-7H2,1-3H3,(H,15,19)(H,17,18). The van der Waals surface area contributed by atoms with Gasteiger partial charge in [-0.2, -0.15) is 0 Å². The lowest BCUT2D eigenvalue weighted by Crippen LogP contribution is -2.45. The first-order valence-electron chi connectivity index (χ1n) is 6.87. The summed E-state index contributed by atoms with van der Waals surface area (Å²) in [6, 6.07) is 0. The molecule has 0 unspecified atom stereocenters. The SMILES string of the molecule is CC(C)(C)NC(=O)CNC(=O)c1coc(CC2CC2)n1. The maximum Gasteiger partial charge on any atom is 0.273 e. The predicted molar refractivity (Wildman–Crippen MR) is 73.2 cm³/mol. The maximum absolute atomic E-state index is 11.8. The van der Waals surface area contributed by atoms with Gasteiger partial charge in [0.2, 0.25) is 5.91 Å². The summed E-state index contributed by atoms with van der Waals surface area (Å²) in [6.07, 6.45) is 4.54. The molecule has 0 aliphatic heterocycles. The monoisotopic (exact) mass is 279 g/mol. The van der Waals surface area contributed by atoms with E-state index in [9.17, 15) is 9.59 Å². The second kappa shape index (κ2) is 5.64. The summed E-state index contributed by atoms with van der Waals surface area (Å²) >= 11 is 0. The van der Waals surface area contributed by atoms with Gasteiger partial charge in [-0.05, 0) is 39.5 Å². The van der Waals surface area contributed by atoms with E-state index in [2.05, 4.69) is 15.6 Å². The highest BCUT2D eigenvalue weighted by Gasteiger charge is 2.24. The molecule has 1 heterocycles. The number of rotatable bonds is 5. The van der Waals surface area contributed by atoms with Gasteiger partial charge < -0.3 is 15.1 Å². The maximum atomic E-state index is 11.8. The molecule has 1 aromatic heterocycles. The zero-order chi connectivity index (χ0) is 14.8. The van der Waals surface area contributed by atoms with Crippen LogP contribution in [0.25, 0.3) is 0 Å². The molecule has 0 spiro atoms. The molecule has 2 N–H and O–H groups in total. The summed E-state index contributed by atoms with van der Waals surface area (Å²) in [5, 5.41) is 5.30. The van der Waals surface area contributed by atoms with E-state index in [4.69, 9.17) is 4.42 Å². The zero-order valence-corrected chi connectivity index (χ0v) is 12.2. The lowest BCUT2D eigenvalue weighted by atomic mass is 10.1. The van der Waals surface area contributed by atoms with Crippen molar-refractivity contribution in [1.82, 2.24) is 15.6 Å². The second-order valence-corrected chi connectivity index (χ2v) is 6.25. The molecule has 20 heavy (non-hydrogen) atoms. The van der Waals surface area contributed by atoms with Crippen LogP contribution in [0.1, 0.15) is 50.0 Å². The van der Waals surface area contributed by atoms with Crippen LogP contribution in [0.5, 0.6) is 0 Å². The number of carbonyl (C=O) groups is 2. The van der Waals surface area contributed by atoms with Crippen LogP contribution in [-0.4, -0.2) is 28.9 Å². The van der Waals surface area contributed by atoms with Gasteiger partial charge in [0, 0.05) is 12.0 Å². The highest BCUT2D eigenvalue weighted by molar-refractivity contribution is 5.94. The molecule has 1 fully saturated rings. The highest BCUT2D eigenvalue weighted by atomic mass is 16.3. The second-order valence-electron chi connectivity index (χ2n) is 6.25. The number of hydrogen-bond acceptors (Lipinski definition) is 4. The fourth-order valence-corrected chi connectivity index (χ4v) is 1.79. The number of carbonyl (C=O) groups excluding carboxylic acids is 2. The molecule has 1 aliphatic rings. The van der Waals surface area contributed by atoms with Gasteiger partial charge in [-0.1, -0.05) is 0 Å². The van der Waals surface area contributed by atoms with Crippen LogP contribution in [0.4, 0.5) is 0 Å². The van der Waals surface area contributed by atoms with Gasteiger partial charge >= 0.3 is 0 Å². The number of aromatic nitrogens is 1. The third-order valence-electron chi connectivity index (χ3n) is 2.87.